The predicted octanol–water partition coefficient (Wildman–Crippen LogP) is 2.19. The van der Waals surface area contributed by atoms with Gasteiger partial charge in [-0.3, -0.25) is 9.69 Å². The van der Waals surface area contributed by atoms with Crippen LogP contribution in [0.3, 0.4) is 0 Å². The Balaban J connectivity index is 1.56. The van der Waals surface area contributed by atoms with Crippen LogP contribution < -0.4 is 10.6 Å². The van der Waals surface area contributed by atoms with Crippen molar-refractivity contribution < 1.29 is 13.9 Å². The van der Waals surface area contributed by atoms with Gasteiger partial charge in [-0.25, -0.2) is 4.39 Å². The summed E-state index contributed by atoms with van der Waals surface area (Å²) in [6.07, 6.45) is 0.129. The Labute approximate surface area is 159 Å². The van der Waals surface area contributed by atoms with E-state index in [4.69, 9.17) is 5.73 Å². The number of ether oxygens (including phenoxy) is 1. The highest BCUT2D eigenvalue weighted by Crippen LogP contribution is 2.21. The molecule has 2 aromatic rings. The van der Waals surface area contributed by atoms with Gasteiger partial charge in [0.1, 0.15) is 11.9 Å². The van der Waals surface area contributed by atoms with E-state index >= 15 is 0 Å². The van der Waals surface area contributed by atoms with Crippen LogP contribution in [-0.2, 0) is 22.5 Å². The molecule has 2 N–H and O–H groups in total. The number of hydrogen-bond acceptors (Lipinski definition) is 5. The summed E-state index contributed by atoms with van der Waals surface area (Å²) < 4.78 is 19.0. The molecule has 1 fully saturated rings. The monoisotopic (exact) mass is 371 g/mol. The van der Waals surface area contributed by atoms with Crippen LogP contribution in [0.25, 0.3) is 0 Å². The standard InChI is InChI=1S/C21H26FN3O2/c1-27-21(26)20(23)13-17-7-8-18(14-19(17)22)25-11-9-24(10-12-25)15-16-5-3-2-4-6-16/h2-8,14,20H,9-13,15,23H2,1H3. The second kappa shape index (κ2) is 8.97. The van der Waals surface area contributed by atoms with Crippen LogP contribution >= 0.6 is 0 Å². The van der Waals surface area contributed by atoms with E-state index in [2.05, 4.69) is 38.8 Å². The van der Waals surface area contributed by atoms with Gasteiger partial charge in [-0.1, -0.05) is 36.4 Å². The van der Waals surface area contributed by atoms with Crippen molar-refractivity contribution in [1.82, 2.24) is 4.90 Å². The number of methoxy groups -OCH3 is 1. The zero-order valence-corrected chi connectivity index (χ0v) is 15.6. The second-order valence-electron chi connectivity index (χ2n) is 6.86. The number of nitrogens with two attached hydrogens (primary N) is 1. The minimum Gasteiger partial charge on any atom is -0.468 e. The summed E-state index contributed by atoms with van der Waals surface area (Å²) >= 11 is 0. The van der Waals surface area contributed by atoms with Gasteiger partial charge in [-0.05, 0) is 23.3 Å². The number of anilines is 1. The lowest BCUT2D eigenvalue weighted by Gasteiger charge is -2.36. The van der Waals surface area contributed by atoms with Crippen LogP contribution in [0.1, 0.15) is 11.1 Å². The van der Waals surface area contributed by atoms with E-state index in [1.807, 2.05) is 12.1 Å². The molecule has 1 unspecified atom stereocenters. The average Bonchev–Trinajstić information content (AvgIpc) is 2.70. The molecule has 0 aromatic heterocycles. The van der Waals surface area contributed by atoms with Crippen molar-refractivity contribution in [3.63, 3.8) is 0 Å². The Morgan fingerprint density at radius 1 is 1.15 bits per heavy atom. The highest BCUT2D eigenvalue weighted by atomic mass is 19.1. The molecular formula is C21H26FN3O2. The van der Waals surface area contributed by atoms with Crippen molar-refractivity contribution in [2.45, 2.75) is 19.0 Å². The minimum absolute atomic E-state index is 0.129. The first-order chi connectivity index (χ1) is 13.1. The third-order valence-corrected chi connectivity index (χ3v) is 4.97. The third kappa shape index (κ3) is 5.05. The molecule has 0 radical (unpaired) electrons. The number of benzene rings is 2. The van der Waals surface area contributed by atoms with Crippen LogP contribution in [-0.4, -0.2) is 50.2 Å². The Morgan fingerprint density at radius 3 is 2.48 bits per heavy atom. The lowest BCUT2D eigenvalue weighted by atomic mass is 10.0. The summed E-state index contributed by atoms with van der Waals surface area (Å²) in [5.41, 5.74) is 8.33. The van der Waals surface area contributed by atoms with Crippen molar-refractivity contribution in [3.8, 4) is 0 Å². The Kier molecular flexibility index (Phi) is 6.42. The maximum atomic E-state index is 14.5. The van der Waals surface area contributed by atoms with Crippen LogP contribution in [0, 0.1) is 5.82 Å². The van der Waals surface area contributed by atoms with Gasteiger partial charge < -0.3 is 15.4 Å². The summed E-state index contributed by atoms with van der Waals surface area (Å²) in [5.74, 6) is -0.869. The lowest BCUT2D eigenvalue weighted by molar-refractivity contribution is -0.142. The zero-order valence-electron chi connectivity index (χ0n) is 15.6. The van der Waals surface area contributed by atoms with Crippen LogP contribution in [0.15, 0.2) is 48.5 Å². The molecule has 0 saturated carbocycles. The summed E-state index contributed by atoms with van der Waals surface area (Å²) in [6.45, 7) is 4.52. The van der Waals surface area contributed by atoms with Gasteiger partial charge in [0, 0.05) is 44.8 Å². The van der Waals surface area contributed by atoms with E-state index in [1.54, 1.807) is 6.07 Å². The molecular weight excluding hydrogens is 345 g/mol. The van der Waals surface area contributed by atoms with E-state index in [0.717, 1.165) is 38.4 Å². The molecule has 0 aliphatic carbocycles. The number of hydrogen-bond donors (Lipinski definition) is 1. The molecule has 27 heavy (non-hydrogen) atoms. The smallest absolute Gasteiger partial charge is 0.322 e. The SMILES string of the molecule is COC(=O)C(N)Cc1ccc(N2CCN(Cc3ccccc3)CC2)cc1F. The fourth-order valence-corrected chi connectivity index (χ4v) is 3.38. The first-order valence-corrected chi connectivity index (χ1v) is 9.20. The number of carbonyl (C=O) groups excluding carboxylic acids is 1. The van der Waals surface area contributed by atoms with E-state index in [1.165, 1.54) is 18.7 Å². The molecule has 6 heteroatoms. The van der Waals surface area contributed by atoms with Gasteiger partial charge >= 0.3 is 5.97 Å². The number of rotatable bonds is 6. The maximum absolute atomic E-state index is 14.5. The van der Waals surface area contributed by atoms with Gasteiger partial charge in [0.15, 0.2) is 0 Å². The maximum Gasteiger partial charge on any atom is 0.322 e. The normalized spacial score (nSPS) is 16.2. The van der Waals surface area contributed by atoms with Gasteiger partial charge in [-0.2, -0.15) is 0 Å². The third-order valence-electron chi connectivity index (χ3n) is 4.97. The molecule has 1 atom stereocenters. The highest BCUT2D eigenvalue weighted by Gasteiger charge is 2.20. The van der Waals surface area contributed by atoms with Crippen LogP contribution in [0.2, 0.25) is 0 Å². The van der Waals surface area contributed by atoms with E-state index in [9.17, 15) is 9.18 Å². The zero-order chi connectivity index (χ0) is 19.2. The first kappa shape index (κ1) is 19.3. The Bertz CT molecular complexity index is 761. The Morgan fingerprint density at radius 2 is 1.85 bits per heavy atom. The van der Waals surface area contributed by atoms with Crippen molar-refractivity contribution in [2.24, 2.45) is 5.73 Å². The van der Waals surface area contributed by atoms with Crippen LogP contribution in [0.4, 0.5) is 10.1 Å². The largest absolute Gasteiger partial charge is 0.468 e. The number of halogens is 1. The molecule has 0 amide bonds. The van der Waals surface area contributed by atoms with Gasteiger partial charge in [0.05, 0.1) is 7.11 Å². The van der Waals surface area contributed by atoms with Crippen molar-refractivity contribution in [1.29, 1.82) is 0 Å². The topological polar surface area (TPSA) is 58.8 Å². The fraction of sp³-hybridized carbons (Fsp3) is 0.381. The molecule has 1 aliphatic rings. The van der Waals surface area contributed by atoms with E-state index in [0.29, 0.717) is 5.56 Å². The molecule has 3 rings (SSSR count). The molecule has 0 bridgehead atoms. The van der Waals surface area contributed by atoms with Crippen molar-refractivity contribution in [3.05, 3.63) is 65.5 Å². The van der Waals surface area contributed by atoms with Gasteiger partial charge in [-0.15, -0.1) is 0 Å². The molecule has 144 valence electrons. The lowest BCUT2D eigenvalue weighted by Crippen LogP contribution is -2.46. The summed E-state index contributed by atoms with van der Waals surface area (Å²) in [4.78, 5) is 16.0. The fourth-order valence-electron chi connectivity index (χ4n) is 3.38. The molecule has 5 nitrogen and oxygen atoms in total. The average molecular weight is 371 g/mol. The molecule has 1 heterocycles. The number of carbonyl (C=O) groups is 1. The summed E-state index contributed by atoms with van der Waals surface area (Å²) in [5, 5.41) is 0. The molecule has 2 aromatic carbocycles. The number of nitrogens with zero attached hydrogens (tertiary/aromatic N) is 2. The van der Waals surface area contributed by atoms with Crippen LogP contribution in [0.5, 0.6) is 0 Å². The van der Waals surface area contributed by atoms with E-state index in [-0.39, 0.29) is 12.2 Å². The molecule has 0 spiro atoms. The summed E-state index contributed by atoms with van der Waals surface area (Å²) in [7, 11) is 1.28. The van der Waals surface area contributed by atoms with Crippen molar-refractivity contribution >= 4 is 11.7 Å². The second-order valence-corrected chi connectivity index (χ2v) is 6.86. The number of esters is 1. The Hall–Kier alpha value is -2.44. The number of piperazine rings is 1. The molecule has 1 saturated heterocycles. The van der Waals surface area contributed by atoms with Gasteiger partial charge in [0.25, 0.3) is 0 Å². The summed E-state index contributed by atoms with van der Waals surface area (Å²) in [6, 6.07) is 14.7. The predicted molar refractivity (Wildman–Crippen MR) is 104 cm³/mol. The minimum atomic E-state index is -0.850. The van der Waals surface area contributed by atoms with Gasteiger partial charge in [0.2, 0.25) is 0 Å². The van der Waals surface area contributed by atoms with E-state index < -0.39 is 12.0 Å². The molecule has 1 aliphatic heterocycles. The first-order valence-electron chi connectivity index (χ1n) is 9.20. The quantitative estimate of drug-likeness (QED) is 0.789. The highest BCUT2D eigenvalue weighted by molar-refractivity contribution is 5.75. The van der Waals surface area contributed by atoms with Crippen molar-refractivity contribution in [2.75, 3.05) is 38.2 Å².